The second kappa shape index (κ2) is 3.21. The molecule has 0 amide bonds. The lowest BCUT2D eigenvalue weighted by atomic mass is 9.91. The Hall–Kier alpha value is -0.300. The molecule has 0 spiro atoms. The Morgan fingerprint density at radius 2 is 1.75 bits per heavy atom. The van der Waals surface area contributed by atoms with E-state index in [-0.39, 0.29) is 0 Å². The van der Waals surface area contributed by atoms with Crippen LogP contribution in [0.3, 0.4) is 0 Å². The van der Waals surface area contributed by atoms with Crippen LogP contribution in [0.4, 0.5) is 0 Å². The van der Waals surface area contributed by atoms with Crippen LogP contribution in [-0.2, 0) is 0 Å². The third kappa shape index (κ3) is 1.71. The molecule has 2 fully saturated rings. The highest BCUT2D eigenvalue weighted by Crippen LogP contribution is 2.32. The summed E-state index contributed by atoms with van der Waals surface area (Å²) in [5.74, 6) is 0.819. The van der Waals surface area contributed by atoms with Gasteiger partial charge in [-0.2, -0.15) is 0 Å². The van der Waals surface area contributed by atoms with E-state index in [1.807, 2.05) is 0 Å². The lowest BCUT2D eigenvalue weighted by molar-refractivity contribution is 0.190. The third-order valence-corrected chi connectivity index (χ3v) is 3.29. The lowest BCUT2D eigenvalue weighted by Gasteiger charge is -2.32. The fraction of sp³-hybridized carbons (Fsp3) is 0.818. The third-order valence-electron chi connectivity index (χ3n) is 3.29. The minimum Gasteiger partial charge on any atom is -0.300 e. The molecule has 0 N–H and O–H groups in total. The molecule has 0 radical (unpaired) electrons. The number of hydrogen-bond donors (Lipinski definition) is 0. The second-order valence-corrected chi connectivity index (χ2v) is 4.39. The van der Waals surface area contributed by atoms with Crippen molar-refractivity contribution in [2.45, 2.75) is 38.6 Å². The normalized spacial score (nSPS) is 27.4. The molecule has 12 heavy (non-hydrogen) atoms. The molecular weight excluding hydrogens is 146 g/mol. The van der Waals surface area contributed by atoms with Crippen LogP contribution in [0.15, 0.2) is 12.2 Å². The number of rotatable bonds is 2. The predicted molar refractivity (Wildman–Crippen MR) is 52.1 cm³/mol. The number of allylic oxidation sites excluding steroid dienone is 1. The van der Waals surface area contributed by atoms with Crippen LogP contribution in [0.1, 0.15) is 32.6 Å². The van der Waals surface area contributed by atoms with Crippen molar-refractivity contribution in [2.24, 2.45) is 5.92 Å². The molecule has 68 valence electrons. The summed E-state index contributed by atoms with van der Waals surface area (Å²) in [6, 6.07) is 0.969. The van der Waals surface area contributed by atoms with E-state index in [2.05, 4.69) is 18.4 Å². The first kappa shape index (κ1) is 8.31. The van der Waals surface area contributed by atoms with Gasteiger partial charge in [0, 0.05) is 6.04 Å². The summed E-state index contributed by atoms with van der Waals surface area (Å²) in [6.45, 7) is 8.87. The van der Waals surface area contributed by atoms with Gasteiger partial charge < -0.3 is 4.90 Å². The van der Waals surface area contributed by atoms with Crippen molar-refractivity contribution < 1.29 is 0 Å². The number of hydrogen-bond acceptors (Lipinski definition) is 1. The van der Waals surface area contributed by atoms with Crippen molar-refractivity contribution in [1.29, 1.82) is 0 Å². The van der Waals surface area contributed by atoms with E-state index in [9.17, 15) is 0 Å². The SMILES string of the molecule is C=C(C)C1CCN(C2CC2)CC1. The van der Waals surface area contributed by atoms with Gasteiger partial charge in [0.1, 0.15) is 0 Å². The van der Waals surface area contributed by atoms with Crippen LogP contribution >= 0.6 is 0 Å². The molecule has 1 saturated carbocycles. The van der Waals surface area contributed by atoms with Gasteiger partial charge in [0.25, 0.3) is 0 Å². The molecule has 0 aromatic rings. The zero-order valence-electron chi connectivity index (χ0n) is 8.05. The van der Waals surface area contributed by atoms with Crippen LogP contribution < -0.4 is 0 Å². The fourth-order valence-electron chi connectivity index (χ4n) is 2.20. The summed E-state index contributed by atoms with van der Waals surface area (Å²) >= 11 is 0. The van der Waals surface area contributed by atoms with Crippen LogP contribution in [0.5, 0.6) is 0 Å². The van der Waals surface area contributed by atoms with Crippen molar-refractivity contribution in [3.05, 3.63) is 12.2 Å². The number of likely N-dealkylation sites (tertiary alicyclic amines) is 1. The van der Waals surface area contributed by atoms with E-state index in [0.29, 0.717) is 0 Å². The molecule has 2 rings (SSSR count). The maximum atomic E-state index is 4.05. The first-order chi connectivity index (χ1) is 5.77. The minimum absolute atomic E-state index is 0.819. The predicted octanol–water partition coefficient (Wildman–Crippen LogP) is 2.44. The molecular formula is C11H19N. The molecule has 0 bridgehead atoms. The highest BCUT2D eigenvalue weighted by atomic mass is 15.2. The summed E-state index contributed by atoms with van der Waals surface area (Å²) < 4.78 is 0. The average Bonchev–Trinajstić information content (AvgIpc) is 2.87. The highest BCUT2D eigenvalue weighted by Gasteiger charge is 2.31. The number of piperidine rings is 1. The monoisotopic (exact) mass is 165 g/mol. The van der Waals surface area contributed by atoms with Crippen LogP contribution in [0.2, 0.25) is 0 Å². The van der Waals surface area contributed by atoms with Gasteiger partial charge in [-0.15, -0.1) is 0 Å². The summed E-state index contributed by atoms with van der Waals surface area (Å²) in [5, 5.41) is 0. The highest BCUT2D eigenvalue weighted by molar-refractivity contribution is 4.99. The zero-order valence-corrected chi connectivity index (χ0v) is 8.05. The van der Waals surface area contributed by atoms with Crippen LogP contribution in [-0.4, -0.2) is 24.0 Å². The average molecular weight is 165 g/mol. The number of nitrogens with zero attached hydrogens (tertiary/aromatic N) is 1. The quantitative estimate of drug-likeness (QED) is 0.568. The van der Waals surface area contributed by atoms with Gasteiger partial charge in [0.05, 0.1) is 0 Å². The van der Waals surface area contributed by atoms with Gasteiger partial charge >= 0.3 is 0 Å². The Bertz CT molecular complexity index is 173. The topological polar surface area (TPSA) is 3.24 Å². The first-order valence-electron chi connectivity index (χ1n) is 5.17. The Balaban J connectivity index is 1.80. The molecule has 1 nitrogen and oxygen atoms in total. The van der Waals surface area contributed by atoms with E-state index in [1.54, 1.807) is 0 Å². The van der Waals surface area contributed by atoms with Gasteiger partial charge in [-0.3, -0.25) is 0 Å². The Kier molecular flexibility index (Phi) is 2.22. The maximum absolute atomic E-state index is 4.05. The zero-order chi connectivity index (χ0) is 8.55. The van der Waals surface area contributed by atoms with Crippen LogP contribution in [0, 0.1) is 5.92 Å². The van der Waals surface area contributed by atoms with Gasteiger partial charge in [0.2, 0.25) is 0 Å². The Morgan fingerprint density at radius 3 is 2.17 bits per heavy atom. The summed E-state index contributed by atoms with van der Waals surface area (Å²) in [6.07, 6.45) is 5.62. The standard InChI is InChI=1S/C11H19N/c1-9(2)10-5-7-12(8-6-10)11-3-4-11/h10-11H,1,3-8H2,2H3. The smallest absolute Gasteiger partial charge is 0.00964 e. The molecule has 1 saturated heterocycles. The van der Waals surface area contributed by atoms with E-state index < -0.39 is 0 Å². The molecule has 0 atom stereocenters. The largest absolute Gasteiger partial charge is 0.300 e. The Morgan fingerprint density at radius 1 is 1.17 bits per heavy atom. The fourth-order valence-corrected chi connectivity index (χ4v) is 2.20. The van der Waals surface area contributed by atoms with Crippen molar-refractivity contribution >= 4 is 0 Å². The first-order valence-corrected chi connectivity index (χ1v) is 5.17. The summed E-state index contributed by atoms with van der Waals surface area (Å²) in [5.41, 5.74) is 1.39. The molecule has 0 unspecified atom stereocenters. The molecule has 1 heteroatoms. The second-order valence-electron chi connectivity index (χ2n) is 4.39. The van der Waals surface area contributed by atoms with Gasteiger partial charge in [0.15, 0.2) is 0 Å². The molecule has 0 aromatic carbocycles. The van der Waals surface area contributed by atoms with Crippen molar-refractivity contribution in [1.82, 2.24) is 4.90 Å². The Labute approximate surface area is 75.4 Å². The van der Waals surface area contributed by atoms with Crippen molar-refractivity contribution in [2.75, 3.05) is 13.1 Å². The molecule has 2 aliphatic rings. The summed E-state index contributed by atoms with van der Waals surface area (Å²) in [4.78, 5) is 2.67. The van der Waals surface area contributed by atoms with Gasteiger partial charge in [-0.25, -0.2) is 0 Å². The van der Waals surface area contributed by atoms with E-state index in [4.69, 9.17) is 0 Å². The van der Waals surface area contributed by atoms with Gasteiger partial charge in [-0.1, -0.05) is 12.2 Å². The van der Waals surface area contributed by atoms with Crippen molar-refractivity contribution in [3.63, 3.8) is 0 Å². The van der Waals surface area contributed by atoms with E-state index in [0.717, 1.165) is 12.0 Å². The van der Waals surface area contributed by atoms with Gasteiger partial charge in [-0.05, 0) is 51.6 Å². The maximum Gasteiger partial charge on any atom is 0.00964 e. The van der Waals surface area contributed by atoms with Crippen LogP contribution in [0.25, 0.3) is 0 Å². The van der Waals surface area contributed by atoms with E-state index >= 15 is 0 Å². The molecule has 0 aromatic heterocycles. The minimum atomic E-state index is 0.819. The molecule has 1 aliphatic carbocycles. The summed E-state index contributed by atoms with van der Waals surface area (Å²) in [7, 11) is 0. The molecule has 1 heterocycles. The molecule has 1 aliphatic heterocycles. The lowest BCUT2D eigenvalue weighted by Crippen LogP contribution is -2.35. The van der Waals surface area contributed by atoms with Crippen molar-refractivity contribution in [3.8, 4) is 0 Å². The van der Waals surface area contributed by atoms with E-state index in [1.165, 1.54) is 44.3 Å².